The van der Waals surface area contributed by atoms with Crippen LogP contribution in [0.1, 0.15) is 5.56 Å². The quantitative estimate of drug-likeness (QED) is 0.459. The molecule has 2 heterocycles. The molecule has 0 aliphatic rings. The molecule has 0 atom stereocenters. The van der Waals surface area contributed by atoms with Gasteiger partial charge in [-0.2, -0.15) is 8.78 Å². The SMILES string of the molecule is FC(F)C(F)(F)COCc1cccc(-c2nc3c4ccccc4ncn3n2)c1. The van der Waals surface area contributed by atoms with Crippen molar-refractivity contribution in [1.29, 1.82) is 0 Å². The molecule has 4 rings (SSSR count). The van der Waals surface area contributed by atoms with Crippen molar-refractivity contribution < 1.29 is 22.3 Å². The highest BCUT2D eigenvalue weighted by atomic mass is 19.3. The molecule has 0 spiro atoms. The lowest BCUT2D eigenvalue weighted by Gasteiger charge is -2.15. The number of hydrogen-bond donors (Lipinski definition) is 0. The minimum absolute atomic E-state index is 0.228. The Balaban J connectivity index is 1.58. The summed E-state index contributed by atoms with van der Waals surface area (Å²) < 4.78 is 56.6. The topological polar surface area (TPSA) is 52.3 Å². The fourth-order valence-corrected chi connectivity index (χ4v) is 2.77. The molecule has 28 heavy (non-hydrogen) atoms. The van der Waals surface area contributed by atoms with Crippen molar-refractivity contribution in [1.82, 2.24) is 19.6 Å². The van der Waals surface area contributed by atoms with Gasteiger partial charge in [0.15, 0.2) is 11.5 Å². The van der Waals surface area contributed by atoms with Crippen LogP contribution in [0.4, 0.5) is 17.6 Å². The van der Waals surface area contributed by atoms with Crippen LogP contribution in [0, 0.1) is 0 Å². The summed E-state index contributed by atoms with van der Waals surface area (Å²) in [5.74, 6) is -3.74. The van der Waals surface area contributed by atoms with E-state index in [9.17, 15) is 17.6 Å². The number of benzene rings is 2. The third-order valence-electron chi connectivity index (χ3n) is 4.15. The molecule has 144 valence electrons. The highest BCUT2D eigenvalue weighted by molar-refractivity contribution is 5.91. The molecular weight excluding hydrogens is 376 g/mol. The van der Waals surface area contributed by atoms with Gasteiger partial charge in [-0.05, 0) is 23.8 Å². The first-order valence-corrected chi connectivity index (χ1v) is 8.37. The van der Waals surface area contributed by atoms with Gasteiger partial charge in [0.25, 0.3) is 0 Å². The Morgan fingerprint density at radius 2 is 1.89 bits per heavy atom. The number of ether oxygens (including phenoxy) is 1. The number of alkyl halides is 4. The summed E-state index contributed by atoms with van der Waals surface area (Å²) in [6.45, 7) is -1.58. The molecule has 4 aromatic rings. The molecule has 5 nitrogen and oxygen atoms in total. The van der Waals surface area contributed by atoms with Crippen molar-refractivity contribution >= 4 is 16.6 Å². The zero-order valence-corrected chi connectivity index (χ0v) is 14.4. The lowest BCUT2D eigenvalue weighted by molar-refractivity contribution is -0.168. The van der Waals surface area contributed by atoms with Crippen LogP contribution in [0.15, 0.2) is 54.9 Å². The maximum absolute atomic E-state index is 12.9. The summed E-state index contributed by atoms with van der Waals surface area (Å²) in [4.78, 5) is 8.87. The maximum Gasteiger partial charge on any atom is 0.330 e. The molecule has 0 bridgehead atoms. The van der Waals surface area contributed by atoms with Crippen LogP contribution in [-0.4, -0.2) is 38.5 Å². The molecule has 0 unspecified atom stereocenters. The minimum Gasteiger partial charge on any atom is -0.370 e. The summed E-state index contributed by atoms with van der Waals surface area (Å²) in [6, 6.07) is 14.3. The predicted molar refractivity (Wildman–Crippen MR) is 94.3 cm³/mol. The molecule has 2 aromatic carbocycles. The van der Waals surface area contributed by atoms with Gasteiger partial charge >= 0.3 is 12.3 Å². The molecule has 0 fully saturated rings. The summed E-state index contributed by atoms with van der Waals surface area (Å²) >= 11 is 0. The summed E-state index contributed by atoms with van der Waals surface area (Å²) in [5, 5.41) is 5.24. The highest BCUT2D eigenvalue weighted by Gasteiger charge is 2.40. The van der Waals surface area contributed by atoms with E-state index in [0.717, 1.165) is 10.9 Å². The first-order valence-electron chi connectivity index (χ1n) is 8.37. The number of halogens is 4. The van der Waals surface area contributed by atoms with Gasteiger partial charge in [-0.1, -0.05) is 30.3 Å². The highest BCUT2D eigenvalue weighted by Crippen LogP contribution is 2.24. The zero-order valence-electron chi connectivity index (χ0n) is 14.4. The first kappa shape index (κ1) is 18.3. The van der Waals surface area contributed by atoms with E-state index >= 15 is 0 Å². The predicted octanol–water partition coefficient (Wildman–Crippen LogP) is 4.36. The Bertz CT molecular complexity index is 1130. The van der Waals surface area contributed by atoms with Gasteiger partial charge in [-0.25, -0.2) is 23.3 Å². The Hall–Kier alpha value is -3.07. The van der Waals surface area contributed by atoms with E-state index in [-0.39, 0.29) is 6.61 Å². The first-order chi connectivity index (χ1) is 13.4. The number of aromatic nitrogens is 4. The van der Waals surface area contributed by atoms with E-state index in [1.807, 2.05) is 24.3 Å². The molecular formula is C19H14F4N4O. The van der Waals surface area contributed by atoms with E-state index in [4.69, 9.17) is 4.74 Å². The van der Waals surface area contributed by atoms with E-state index < -0.39 is 19.0 Å². The van der Waals surface area contributed by atoms with Crippen LogP contribution in [0.2, 0.25) is 0 Å². The second-order valence-corrected chi connectivity index (χ2v) is 6.22. The largest absolute Gasteiger partial charge is 0.370 e. The number of hydrogen-bond acceptors (Lipinski definition) is 4. The molecule has 0 aliphatic heterocycles. The molecule has 0 saturated carbocycles. The van der Waals surface area contributed by atoms with Gasteiger partial charge in [0.1, 0.15) is 12.9 Å². The van der Waals surface area contributed by atoms with Gasteiger partial charge in [0.05, 0.1) is 12.1 Å². The molecule has 0 saturated heterocycles. The molecule has 0 N–H and O–H groups in total. The summed E-state index contributed by atoms with van der Waals surface area (Å²) in [6.07, 6.45) is -2.20. The monoisotopic (exact) mass is 390 g/mol. The minimum atomic E-state index is -4.17. The average molecular weight is 390 g/mol. The van der Waals surface area contributed by atoms with Crippen LogP contribution in [-0.2, 0) is 11.3 Å². The second kappa shape index (κ2) is 7.16. The van der Waals surface area contributed by atoms with Crippen LogP contribution in [0.3, 0.4) is 0 Å². The van der Waals surface area contributed by atoms with Crippen molar-refractivity contribution in [2.75, 3.05) is 6.61 Å². The number of rotatable bonds is 6. The Morgan fingerprint density at radius 1 is 1.07 bits per heavy atom. The number of fused-ring (bicyclic) bond motifs is 3. The van der Waals surface area contributed by atoms with Gasteiger partial charge in [0, 0.05) is 10.9 Å². The molecule has 0 radical (unpaired) electrons. The Labute approximate surface area is 156 Å². The summed E-state index contributed by atoms with van der Waals surface area (Å²) in [7, 11) is 0. The lowest BCUT2D eigenvalue weighted by atomic mass is 10.1. The van der Waals surface area contributed by atoms with Crippen LogP contribution in [0.25, 0.3) is 27.9 Å². The lowest BCUT2D eigenvalue weighted by Crippen LogP contribution is -2.32. The van der Waals surface area contributed by atoms with Crippen LogP contribution >= 0.6 is 0 Å². The van der Waals surface area contributed by atoms with Crippen LogP contribution < -0.4 is 0 Å². The normalized spacial score (nSPS) is 12.3. The van der Waals surface area contributed by atoms with Gasteiger partial charge in [0.2, 0.25) is 0 Å². The summed E-state index contributed by atoms with van der Waals surface area (Å²) in [5.41, 5.74) is 2.62. The zero-order chi connectivity index (χ0) is 19.7. The third kappa shape index (κ3) is 3.53. The number of nitrogens with zero attached hydrogens (tertiary/aromatic N) is 4. The second-order valence-electron chi connectivity index (χ2n) is 6.22. The van der Waals surface area contributed by atoms with Crippen molar-refractivity contribution in [2.24, 2.45) is 0 Å². The van der Waals surface area contributed by atoms with Crippen molar-refractivity contribution in [3.63, 3.8) is 0 Å². The Morgan fingerprint density at radius 3 is 2.71 bits per heavy atom. The van der Waals surface area contributed by atoms with Gasteiger partial charge < -0.3 is 4.74 Å². The number of para-hydroxylation sites is 1. The standard InChI is InChI=1S/C19H14F4N4O/c20-18(21)19(22,23)10-28-9-12-4-3-5-13(8-12)16-25-17-14-6-1-2-7-15(14)24-11-27(17)26-16/h1-8,11,18H,9-10H2. The fraction of sp³-hybridized carbons (Fsp3) is 0.211. The maximum atomic E-state index is 12.9. The van der Waals surface area contributed by atoms with E-state index in [2.05, 4.69) is 15.1 Å². The Kier molecular flexibility index (Phi) is 4.68. The van der Waals surface area contributed by atoms with E-state index in [0.29, 0.717) is 22.6 Å². The van der Waals surface area contributed by atoms with Gasteiger partial charge in [-0.15, -0.1) is 5.10 Å². The third-order valence-corrected chi connectivity index (χ3v) is 4.15. The fourth-order valence-electron chi connectivity index (χ4n) is 2.77. The average Bonchev–Trinajstić information content (AvgIpc) is 3.13. The molecule has 0 amide bonds. The van der Waals surface area contributed by atoms with Crippen molar-refractivity contribution in [3.8, 4) is 11.4 Å². The van der Waals surface area contributed by atoms with E-state index in [1.54, 1.807) is 35.1 Å². The van der Waals surface area contributed by atoms with Crippen LogP contribution in [0.5, 0.6) is 0 Å². The molecule has 2 aromatic heterocycles. The van der Waals surface area contributed by atoms with Gasteiger partial charge in [-0.3, -0.25) is 0 Å². The van der Waals surface area contributed by atoms with E-state index in [1.165, 1.54) is 0 Å². The molecule has 0 aliphatic carbocycles. The van der Waals surface area contributed by atoms with Crippen molar-refractivity contribution in [2.45, 2.75) is 19.0 Å². The smallest absolute Gasteiger partial charge is 0.330 e. The molecule has 9 heteroatoms. The van der Waals surface area contributed by atoms with Crippen molar-refractivity contribution in [3.05, 3.63) is 60.4 Å².